The summed E-state index contributed by atoms with van der Waals surface area (Å²) in [6, 6.07) is 8.18. The molecule has 1 amide bonds. The van der Waals surface area contributed by atoms with Crippen LogP contribution in [0, 0.1) is 0 Å². The van der Waals surface area contributed by atoms with Crippen molar-refractivity contribution in [3.05, 3.63) is 69.8 Å². The average Bonchev–Trinajstić information content (AvgIpc) is 2.99. The summed E-state index contributed by atoms with van der Waals surface area (Å²) in [5.41, 5.74) is 1.30. The van der Waals surface area contributed by atoms with Gasteiger partial charge in [-0.05, 0) is 37.9 Å². The molecule has 0 fully saturated rings. The fourth-order valence-electron chi connectivity index (χ4n) is 3.55. The molecule has 1 aliphatic heterocycles. The molecule has 1 aliphatic rings. The first-order valence-corrected chi connectivity index (χ1v) is 9.01. The van der Waals surface area contributed by atoms with Crippen LogP contribution in [0.1, 0.15) is 27.7 Å². The summed E-state index contributed by atoms with van der Waals surface area (Å²) < 4.78 is 11.1. The maximum atomic E-state index is 13.3. The Hall–Kier alpha value is -3.19. The molecule has 144 valence electrons. The molecule has 3 aromatic rings. The topological polar surface area (TPSA) is 75.9 Å². The van der Waals surface area contributed by atoms with Gasteiger partial charge in [-0.1, -0.05) is 6.07 Å². The minimum absolute atomic E-state index is 0.0957. The van der Waals surface area contributed by atoms with E-state index in [4.69, 9.17) is 9.15 Å². The third-order valence-electron chi connectivity index (χ3n) is 4.96. The zero-order valence-corrected chi connectivity index (χ0v) is 16.0. The van der Waals surface area contributed by atoms with Crippen molar-refractivity contribution in [2.24, 2.45) is 0 Å². The molecule has 0 saturated heterocycles. The summed E-state index contributed by atoms with van der Waals surface area (Å²) in [7, 11) is 5.42. The fourth-order valence-corrected chi connectivity index (χ4v) is 3.55. The molecule has 0 bridgehead atoms. The molecule has 7 heteroatoms. The first-order chi connectivity index (χ1) is 13.5. The first kappa shape index (κ1) is 18.2. The standard InChI is InChI=1S/C21H21N3O4/c1-23(2)9-10-24-18(13-5-4-8-22-12-13)17-19(25)15-7-6-14(27-3)11-16(15)28-20(17)21(24)26/h4-8,11-12,18H,9-10H2,1-3H3/t18-/m0/s1. The van der Waals surface area contributed by atoms with Gasteiger partial charge in [0.05, 0.1) is 24.1 Å². The van der Waals surface area contributed by atoms with Gasteiger partial charge in [0.2, 0.25) is 5.76 Å². The molecule has 0 spiro atoms. The van der Waals surface area contributed by atoms with E-state index in [0.717, 1.165) is 5.56 Å². The number of pyridine rings is 1. The van der Waals surface area contributed by atoms with Crippen LogP contribution in [0.25, 0.3) is 11.0 Å². The highest BCUT2D eigenvalue weighted by Crippen LogP contribution is 2.38. The second-order valence-electron chi connectivity index (χ2n) is 7.03. The lowest BCUT2D eigenvalue weighted by Crippen LogP contribution is -2.35. The van der Waals surface area contributed by atoms with Gasteiger partial charge in [-0.3, -0.25) is 14.6 Å². The van der Waals surface area contributed by atoms with E-state index in [-0.39, 0.29) is 17.1 Å². The van der Waals surface area contributed by atoms with Crippen molar-refractivity contribution in [1.29, 1.82) is 0 Å². The number of fused-ring (bicyclic) bond motifs is 2. The van der Waals surface area contributed by atoms with Gasteiger partial charge in [0.1, 0.15) is 11.3 Å². The minimum Gasteiger partial charge on any atom is -0.497 e. The molecule has 2 aromatic heterocycles. The van der Waals surface area contributed by atoms with Gasteiger partial charge in [-0.2, -0.15) is 0 Å². The Balaban J connectivity index is 1.93. The molecule has 28 heavy (non-hydrogen) atoms. The molecule has 0 aliphatic carbocycles. The molecule has 4 rings (SSSR count). The van der Waals surface area contributed by atoms with Crippen molar-refractivity contribution in [3.8, 4) is 5.75 Å². The van der Waals surface area contributed by atoms with Crippen molar-refractivity contribution in [2.45, 2.75) is 6.04 Å². The Labute approximate surface area is 162 Å². The number of methoxy groups -OCH3 is 1. The summed E-state index contributed by atoms with van der Waals surface area (Å²) in [6.45, 7) is 1.13. The van der Waals surface area contributed by atoms with E-state index in [1.807, 2.05) is 25.1 Å². The van der Waals surface area contributed by atoms with E-state index in [1.165, 1.54) is 0 Å². The van der Waals surface area contributed by atoms with Gasteiger partial charge >= 0.3 is 0 Å². The SMILES string of the molecule is COc1ccc2c(=O)c3c(oc2c1)C(=O)N(CCN(C)C)[C@H]3c1cccnc1. The van der Waals surface area contributed by atoms with Gasteiger partial charge in [0, 0.05) is 31.5 Å². The molecule has 3 heterocycles. The molecule has 1 aromatic carbocycles. The molecular weight excluding hydrogens is 358 g/mol. The van der Waals surface area contributed by atoms with Crippen LogP contribution in [0.2, 0.25) is 0 Å². The summed E-state index contributed by atoms with van der Waals surface area (Å²) in [5, 5.41) is 0.427. The molecule has 0 N–H and O–H groups in total. The minimum atomic E-state index is -0.515. The number of hydrogen-bond acceptors (Lipinski definition) is 6. The number of nitrogens with zero attached hydrogens (tertiary/aromatic N) is 3. The number of amides is 1. The summed E-state index contributed by atoms with van der Waals surface area (Å²) in [4.78, 5) is 34.3. The van der Waals surface area contributed by atoms with Crippen molar-refractivity contribution in [3.63, 3.8) is 0 Å². The van der Waals surface area contributed by atoms with Gasteiger partial charge < -0.3 is 19.0 Å². The van der Waals surface area contributed by atoms with E-state index >= 15 is 0 Å². The van der Waals surface area contributed by atoms with Crippen LogP contribution in [-0.2, 0) is 0 Å². The lowest BCUT2D eigenvalue weighted by Gasteiger charge is -2.26. The number of carbonyl (C=O) groups is 1. The lowest BCUT2D eigenvalue weighted by atomic mass is 10.00. The van der Waals surface area contributed by atoms with E-state index in [0.29, 0.717) is 35.4 Å². The van der Waals surface area contributed by atoms with Crippen molar-refractivity contribution < 1.29 is 13.9 Å². The monoisotopic (exact) mass is 379 g/mol. The Kier molecular flexibility index (Phi) is 4.60. The number of aromatic nitrogens is 1. The average molecular weight is 379 g/mol. The quantitative estimate of drug-likeness (QED) is 0.677. The second-order valence-corrected chi connectivity index (χ2v) is 7.03. The Bertz CT molecular complexity index is 1090. The number of hydrogen-bond donors (Lipinski definition) is 0. The Morgan fingerprint density at radius 2 is 2.07 bits per heavy atom. The molecular formula is C21H21N3O4. The lowest BCUT2D eigenvalue weighted by molar-refractivity contribution is 0.0716. The van der Waals surface area contributed by atoms with Gasteiger partial charge in [0.15, 0.2) is 5.43 Å². The van der Waals surface area contributed by atoms with Gasteiger partial charge in [-0.25, -0.2) is 0 Å². The smallest absolute Gasteiger partial charge is 0.290 e. The van der Waals surface area contributed by atoms with E-state index < -0.39 is 6.04 Å². The predicted octanol–water partition coefficient (Wildman–Crippen LogP) is 2.30. The van der Waals surface area contributed by atoms with E-state index in [1.54, 1.807) is 48.7 Å². The summed E-state index contributed by atoms with van der Waals surface area (Å²) >= 11 is 0. The molecule has 1 atom stereocenters. The maximum Gasteiger partial charge on any atom is 0.290 e. The van der Waals surface area contributed by atoms with Crippen LogP contribution in [-0.4, -0.2) is 55.0 Å². The Morgan fingerprint density at radius 3 is 2.75 bits per heavy atom. The molecule has 0 radical (unpaired) electrons. The van der Waals surface area contributed by atoms with E-state index in [2.05, 4.69) is 4.98 Å². The second kappa shape index (κ2) is 7.09. The van der Waals surface area contributed by atoms with Crippen LogP contribution in [0.3, 0.4) is 0 Å². The molecule has 7 nitrogen and oxygen atoms in total. The number of rotatable bonds is 5. The van der Waals surface area contributed by atoms with Crippen LogP contribution < -0.4 is 10.2 Å². The van der Waals surface area contributed by atoms with Crippen LogP contribution in [0.5, 0.6) is 5.75 Å². The summed E-state index contributed by atoms with van der Waals surface area (Å²) in [5.74, 6) is 0.375. The molecule has 0 unspecified atom stereocenters. The number of carbonyl (C=O) groups excluding carboxylic acids is 1. The third kappa shape index (κ3) is 2.93. The van der Waals surface area contributed by atoms with Gasteiger partial charge in [-0.15, -0.1) is 0 Å². The Morgan fingerprint density at radius 1 is 1.25 bits per heavy atom. The highest BCUT2D eigenvalue weighted by molar-refractivity contribution is 5.99. The highest BCUT2D eigenvalue weighted by Gasteiger charge is 2.42. The van der Waals surface area contributed by atoms with Crippen molar-refractivity contribution >= 4 is 16.9 Å². The number of benzene rings is 1. The fraction of sp³-hybridized carbons (Fsp3) is 0.286. The van der Waals surface area contributed by atoms with Crippen LogP contribution >= 0.6 is 0 Å². The summed E-state index contributed by atoms with van der Waals surface area (Å²) in [6.07, 6.45) is 3.36. The van der Waals surface area contributed by atoms with Gasteiger partial charge in [0.25, 0.3) is 5.91 Å². The number of likely N-dealkylation sites (N-methyl/N-ethyl adjacent to an activating group) is 1. The highest BCUT2D eigenvalue weighted by atomic mass is 16.5. The van der Waals surface area contributed by atoms with E-state index in [9.17, 15) is 9.59 Å². The van der Waals surface area contributed by atoms with Crippen LogP contribution in [0.15, 0.2) is 51.9 Å². The van der Waals surface area contributed by atoms with Crippen molar-refractivity contribution in [1.82, 2.24) is 14.8 Å². The maximum absolute atomic E-state index is 13.3. The first-order valence-electron chi connectivity index (χ1n) is 9.01. The van der Waals surface area contributed by atoms with Crippen molar-refractivity contribution in [2.75, 3.05) is 34.3 Å². The number of ether oxygens (including phenoxy) is 1. The third-order valence-corrected chi connectivity index (χ3v) is 4.96. The zero-order chi connectivity index (χ0) is 19.8. The predicted molar refractivity (Wildman–Crippen MR) is 105 cm³/mol. The normalized spacial score (nSPS) is 16.1. The zero-order valence-electron chi connectivity index (χ0n) is 16.0. The van der Waals surface area contributed by atoms with Crippen LogP contribution in [0.4, 0.5) is 0 Å². The molecule has 0 saturated carbocycles. The largest absolute Gasteiger partial charge is 0.497 e.